The van der Waals surface area contributed by atoms with Crippen LogP contribution in [-0.2, 0) is 4.79 Å². The molecule has 0 spiro atoms. The Hall–Kier alpha value is -2.11. The molecule has 1 saturated heterocycles. The molecule has 0 atom stereocenters. The van der Waals surface area contributed by atoms with Gasteiger partial charge in [0.1, 0.15) is 5.52 Å². The Kier molecular flexibility index (Phi) is 3.24. The number of fused-ring (bicyclic) bond motifs is 1. The highest BCUT2D eigenvalue weighted by atomic mass is 16.2. The first-order valence-electron chi connectivity index (χ1n) is 8.07. The lowest BCUT2D eigenvalue weighted by Gasteiger charge is -2.35. The minimum absolute atomic E-state index is 0.155. The zero-order valence-corrected chi connectivity index (χ0v) is 12.9. The number of carbonyl (C=O) groups is 1. The average Bonchev–Trinajstić information content (AvgIpc) is 2.88. The molecule has 0 N–H and O–H groups in total. The fourth-order valence-corrected chi connectivity index (χ4v) is 3.31. The van der Waals surface area contributed by atoms with E-state index in [1.54, 1.807) is 6.92 Å². The number of nitrogens with zero attached hydrogens (tertiary/aromatic N) is 5. The fraction of sp³-hybridized carbons (Fsp3) is 0.562. The first kappa shape index (κ1) is 13.5. The summed E-state index contributed by atoms with van der Waals surface area (Å²) >= 11 is 0. The van der Waals surface area contributed by atoms with Gasteiger partial charge in [-0.25, -0.2) is 9.50 Å². The quantitative estimate of drug-likeness (QED) is 0.846. The van der Waals surface area contributed by atoms with Crippen molar-refractivity contribution >= 4 is 17.2 Å². The van der Waals surface area contributed by atoms with E-state index in [1.807, 2.05) is 21.8 Å². The van der Waals surface area contributed by atoms with Crippen molar-refractivity contribution in [1.82, 2.24) is 19.5 Å². The fourth-order valence-electron chi connectivity index (χ4n) is 3.31. The summed E-state index contributed by atoms with van der Waals surface area (Å²) in [6, 6.07) is 2.20. The summed E-state index contributed by atoms with van der Waals surface area (Å²) in [7, 11) is 0. The van der Waals surface area contributed by atoms with Crippen LogP contribution in [0.5, 0.6) is 0 Å². The van der Waals surface area contributed by atoms with E-state index in [0.29, 0.717) is 5.92 Å². The molecule has 1 aliphatic carbocycles. The third-order valence-electron chi connectivity index (χ3n) is 4.94. The third kappa shape index (κ3) is 2.23. The maximum absolute atomic E-state index is 11.4. The van der Waals surface area contributed by atoms with Crippen LogP contribution in [0.4, 0.5) is 5.82 Å². The summed E-state index contributed by atoms with van der Waals surface area (Å²) in [6.45, 7) is 4.83. The maximum Gasteiger partial charge on any atom is 0.219 e. The summed E-state index contributed by atoms with van der Waals surface area (Å²) in [5.74, 6) is 1.77. The molecular formula is C16H21N5O. The molecule has 2 aromatic rings. The SMILES string of the molecule is CC(=O)N1CCN(c2nccn3nc(C4CCC4)cc23)CC1. The van der Waals surface area contributed by atoms with Crippen molar-refractivity contribution in [3.63, 3.8) is 0 Å². The molecule has 0 unspecified atom stereocenters. The Labute approximate surface area is 129 Å². The maximum atomic E-state index is 11.4. The average molecular weight is 299 g/mol. The van der Waals surface area contributed by atoms with Crippen LogP contribution in [0.1, 0.15) is 37.8 Å². The van der Waals surface area contributed by atoms with Crippen molar-refractivity contribution in [2.24, 2.45) is 0 Å². The number of amides is 1. The van der Waals surface area contributed by atoms with Gasteiger partial charge in [0, 0.05) is 51.4 Å². The molecule has 4 rings (SSSR count). The first-order chi connectivity index (χ1) is 10.7. The number of rotatable bonds is 2. The number of piperazine rings is 1. The van der Waals surface area contributed by atoms with Crippen LogP contribution in [0.3, 0.4) is 0 Å². The van der Waals surface area contributed by atoms with Gasteiger partial charge in [0.25, 0.3) is 0 Å². The van der Waals surface area contributed by atoms with E-state index >= 15 is 0 Å². The van der Waals surface area contributed by atoms with Crippen molar-refractivity contribution < 1.29 is 4.79 Å². The highest BCUT2D eigenvalue weighted by molar-refractivity contribution is 5.74. The minimum atomic E-state index is 0.155. The lowest BCUT2D eigenvalue weighted by atomic mass is 9.83. The van der Waals surface area contributed by atoms with Crippen molar-refractivity contribution in [3.05, 3.63) is 24.2 Å². The predicted molar refractivity (Wildman–Crippen MR) is 84.0 cm³/mol. The Bertz CT molecular complexity index is 698. The lowest BCUT2D eigenvalue weighted by Crippen LogP contribution is -2.48. The summed E-state index contributed by atoms with van der Waals surface area (Å²) in [5.41, 5.74) is 2.28. The molecule has 22 heavy (non-hydrogen) atoms. The Morgan fingerprint density at radius 3 is 2.64 bits per heavy atom. The molecule has 1 saturated carbocycles. The highest BCUT2D eigenvalue weighted by Gasteiger charge is 2.25. The van der Waals surface area contributed by atoms with Crippen molar-refractivity contribution in [1.29, 1.82) is 0 Å². The van der Waals surface area contributed by atoms with Gasteiger partial charge < -0.3 is 9.80 Å². The van der Waals surface area contributed by atoms with Crippen LogP contribution in [0, 0.1) is 0 Å². The first-order valence-corrected chi connectivity index (χ1v) is 8.07. The standard InChI is InChI=1S/C16H21N5O/c1-12(22)19-7-9-20(10-8-19)16-15-11-14(13-3-2-4-13)18-21(15)6-5-17-16/h5-6,11,13H,2-4,7-10H2,1H3. The topological polar surface area (TPSA) is 53.7 Å². The van der Waals surface area contributed by atoms with Crippen LogP contribution < -0.4 is 4.90 Å². The van der Waals surface area contributed by atoms with E-state index in [-0.39, 0.29) is 5.91 Å². The van der Waals surface area contributed by atoms with E-state index in [1.165, 1.54) is 25.0 Å². The molecular weight excluding hydrogens is 278 g/mol. The van der Waals surface area contributed by atoms with Crippen LogP contribution in [0.25, 0.3) is 5.52 Å². The minimum Gasteiger partial charge on any atom is -0.351 e. The third-order valence-corrected chi connectivity index (χ3v) is 4.94. The molecule has 6 nitrogen and oxygen atoms in total. The van der Waals surface area contributed by atoms with Gasteiger partial charge in [-0.3, -0.25) is 4.79 Å². The molecule has 0 bridgehead atoms. The second-order valence-electron chi connectivity index (χ2n) is 6.27. The number of hydrogen-bond donors (Lipinski definition) is 0. The van der Waals surface area contributed by atoms with Gasteiger partial charge in [-0.05, 0) is 18.9 Å². The molecule has 0 radical (unpaired) electrons. The van der Waals surface area contributed by atoms with Crippen LogP contribution in [-0.4, -0.2) is 51.6 Å². The van der Waals surface area contributed by atoms with E-state index in [2.05, 4.69) is 16.0 Å². The Balaban J connectivity index is 1.61. The summed E-state index contributed by atoms with van der Waals surface area (Å²) in [5, 5.41) is 4.72. The normalized spacial score (nSPS) is 19.5. The van der Waals surface area contributed by atoms with Gasteiger partial charge in [0.15, 0.2) is 5.82 Å². The van der Waals surface area contributed by atoms with Gasteiger partial charge in [-0.1, -0.05) is 6.42 Å². The van der Waals surface area contributed by atoms with E-state index in [0.717, 1.165) is 37.5 Å². The molecule has 2 fully saturated rings. The number of carbonyl (C=O) groups excluding carboxylic acids is 1. The van der Waals surface area contributed by atoms with Crippen LogP contribution in [0.15, 0.2) is 18.5 Å². The lowest BCUT2D eigenvalue weighted by molar-refractivity contribution is -0.129. The second kappa shape index (κ2) is 5.26. The molecule has 0 aromatic carbocycles. The zero-order valence-electron chi connectivity index (χ0n) is 12.9. The van der Waals surface area contributed by atoms with Crippen LogP contribution in [0.2, 0.25) is 0 Å². The summed E-state index contributed by atoms with van der Waals surface area (Å²) < 4.78 is 1.95. The Morgan fingerprint density at radius 2 is 2.00 bits per heavy atom. The van der Waals surface area contributed by atoms with Gasteiger partial charge in [0.2, 0.25) is 5.91 Å². The number of aromatic nitrogens is 3. The highest BCUT2D eigenvalue weighted by Crippen LogP contribution is 2.36. The summed E-state index contributed by atoms with van der Waals surface area (Å²) in [6.07, 6.45) is 7.56. The van der Waals surface area contributed by atoms with Gasteiger partial charge >= 0.3 is 0 Å². The van der Waals surface area contributed by atoms with Crippen molar-refractivity contribution in [2.75, 3.05) is 31.1 Å². The van der Waals surface area contributed by atoms with Crippen molar-refractivity contribution in [3.8, 4) is 0 Å². The van der Waals surface area contributed by atoms with E-state index in [9.17, 15) is 4.79 Å². The monoisotopic (exact) mass is 299 g/mol. The molecule has 116 valence electrons. The molecule has 2 aromatic heterocycles. The molecule has 2 aliphatic rings. The zero-order chi connectivity index (χ0) is 15.1. The van der Waals surface area contributed by atoms with E-state index < -0.39 is 0 Å². The molecule has 1 amide bonds. The molecule has 1 aliphatic heterocycles. The molecule has 6 heteroatoms. The van der Waals surface area contributed by atoms with Gasteiger partial charge in [0.05, 0.1) is 5.69 Å². The number of hydrogen-bond acceptors (Lipinski definition) is 4. The van der Waals surface area contributed by atoms with Gasteiger partial charge in [-0.2, -0.15) is 5.10 Å². The Morgan fingerprint density at radius 1 is 1.23 bits per heavy atom. The molecule has 3 heterocycles. The van der Waals surface area contributed by atoms with Crippen molar-refractivity contribution in [2.45, 2.75) is 32.1 Å². The van der Waals surface area contributed by atoms with E-state index in [4.69, 9.17) is 5.10 Å². The predicted octanol–water partition coefficient (Wildman–Crippen LogP) is 1.67. The second-order valence-corrected chi connectivity index (χ2v) is 6.27. The number of anilines is 1. The largest absolute Gasteiger partial charge is 0.351 e. The summed E-state index contributed by atoms with van der Waals surface area (Å²) in [4.78, 5) is 20.2. The smallest absolute Gasteiger partial charge is 0.219 e. The van der Waals surface area contributed by atoms with Crippen LogP contribution >= 0.6 is 0 Å². The van der Waals surface area contributed by atoms with Gasteiger partial charge in [-0.15, -0.1) is 0 Å².